The lowest BCUT2D eigenvalue weighted by Crippen LogP contribution is -2.25. The van der Waals surface area contributed by atoms with Gasteiger partial charge in [0, 0.05) is 13.3 Å². The van der Waals surface area contributed by atoms with Gasteiger partial charge in [0.05, 0.1) is 12.6 Å². The van der Waals surface area contributed by atoms with E-state index in [4.69, 9.17) is 22.7 Å². The number of anilines is 1. The number of methoxy groups -OCH3 is 1. The molecule has 1 atom stereocenters. The molecule has 0 aliphatic rings. The summed E-state index contributed by atoms with van der Waals surface area (Å²) >= 11 is 4.85. The van der Waals surface area contributed by atoms with Crippen molar-refractivity contribution in [3.05, 3.63) is 18.0 Å². The van der Waals surface area contributed by atoms with Crippen LogP contribution in [0.25, 0.3) is 0 Å². The van der Waals surface area contributed by atoms with Gasteiger partial charge in [-0.05, 0) is 12.5 Å². The molecule has 0 fully saturated rings. The predicted octanol–water partition coefficient (Wildman–Crippen LogP) is 0.948. The molecule has 1 heterocycles. The van der Waals surface area contributed by atoms with E-state index in [2.05, 4.69) is 22.2 Å². The Morgan fingerprint density at radius 3 is 3.00 bits per heavy atom. The third kappa shape index (κ3) is 3.71. The number of nitrogens with one attached hydrogen (secondary N) is 1. The van der Waals surface area contributed by atoms with Crippen molar-refractivity contribution in [2.45, 2.75) is 19.4 Å². The molecule has 0 spiro atoms. The smallest absolute Gasteiger partial charge is 0.223 e. The van der Waals surface area contributed by atoms with Gasteiger partial charge in [0.15, 0.2) is 0 Å². The third-order valence-electron chi connectivity index (χ3n) is 2.10. The largest absolute Gasteiger partial charge is 0.388 e. The summed E-state index contributed by atoms with van der Waals surface area (Å²) < 4.78 is 5.08. The average molecular weight is 240 g/mol. The Kier molecular flexibility index (Phi) is 5.07. The summed E-state index contributed by atoms with van der Waals surface area (Å²) in [7, 11) is 1.66. The van der Waals surface area contributed by atoms with Gasteiger partial charge in [-0.1, -0.05) is 19.1 Å². The summed E-state index contributed by atoms with van der Waals surface area (Å²) in [5.41, 5.74) is 6.06. The van der Waals surface area contributed by atoms with Crippen LogP contribution in [0.15, 0.2) is 12.3 Å². The molecule has 1 aromatic rings. The molecule has 1 aromatic heterocycles. The lowest BCUT2D eigenvalue weighted by molar-refractivity contribution is 0.184. The minimum absolute atomic E-state index is 0.187. The quantitative estimate of drug-likeness (QED) is 0.721. The Bertz CT molecular complexity index is 358. The minimum atomic E-state index is 0.187. The molecule has 0 amide bonds. The van der Waals surface area contributed by atoms with Crippen LogP contribution in [0.1, 0.15) is 19.0 Å². The van der Waals surface area contributed by atoms with Crippen LogP contribution in [0.2, 0.25) is 0 Å². The van der Waals surface area contributed by atoms with E-state index in [1.54, 1.807) is 19.4 Å². The first-order valence-electron chi connectivity index (χ1n) is 5.05. The number of thiocarbonyl (C=S) groups is 1. The molecule has 0 saturated carbocycles. The fraction of sp³-hybridized carbons (Fsp3) is 0.500. The summed E-state index contributed by atoms with van der Waals surface area (Å²) in [6, 6.07) is 1.87. The zero-order chi connectivity index (χ0) is 12.0. The van der Waals surface area contributed by atoms with Crippen LogP contribution < -0.4 is 11.1 Å². The Labute approximate surface area is 100 Å². The van der Waals surface area contributed by atoms with Crippen molar-refractivity contribution in [2.75, 3.05) is 19.0 Å². The van der Waals surface area contributed by atoms with Crippen LogP contribution in [0.3, 0.4) is 0 Å². The molecule has 1 rings (SSSR count). The zero-order valence-electron chi connectivity index (χ0n) is 9.43. The van der Waals surface area contributed by atoms with Crippen LogP contribution in [-0.4, -0.2) is 34.7 Å². The molecule has 5 nitrogen and oxygen atoms in total. The summed E-state index contributed by atoms with van der Waals surface area (Å²) in [6.45, 7) is 2.67. The van der Waals surface area contributed by atoms with Crippen LogP contribution in [0.4, 0.5) is 5.95 Å². The van der Waals surface area contributed by atoms with E-state index < -0.39 is 0 Å². The average Bonchev–Trinajstić information content (AvgIpc) is 2.29. The molecule has 88 valence electrons. The molecule has 6 heteroatoms. The molecule has 0 aromatic carbocycles. The molecule has 1 unspecified atom stereocenters. The number of nitrogens with zero attached hydrogens (tertiary/aromatic N) is 2. The van der Waals surface area contributed by atoms with Crippen LogP contribution in [0, 0.1) is 0 Å². The fourth-order valence-electron chi connectivity index (χ4n) is 1.21. The molecule has 3 N–H and O–H groups in total. The molecule has 0 saturated heterocycles. The first-order chi connectivity index (χ1) is 7.67. The van der Waals surface area contributed by atoms with Crippen molar-refractivity contribution in [1.29, 1.82) is 0 Å². The van der Waals surface area contributed by atoms with Crippen LogP contribution >= 0.6 is 12.2 Å². The van der Waals surface area contributed by atoms with Gasteiger partial charge in [-0.25, -0.2) is 9.97 Å². The summed E-state index contributed by atoms with van der Waals surface area (Å²) in [5.74, 6) is 0.522. The molecule has 0 aliphatic carbocycles. The highest BCUT2D eigenvalue weighted by molar-refractivity contribution is 7.80. The van der Waals surface area contributed by atoms with E-state index >= 15 is 0 Å². The highest BCUT2D eigenvalue weighted by atomic mass is 32.1. The normalized spacial score (nSPS) is 12.1. The van der Waals surface area contributed by atoms with E-state index in [1.165, 1.54) is 0 Å². The predicted molar refractivity (Wildman–Crippen MR) is 67.5 cm³/mol. The van der Waals surface area contributed by atoms with E-state index in [0.29, 0.717) is 18.2 Å². The number of nitrogens with two attached hydrogens (primary N) is 1. The Balaban J connectivity index is 2.72. The Morgan fingerprint density at radius 1 is 1.69 bits per heavy atom. The molecule has 0 aliphatic heterocycles. The summed E-state index contributed by atoms with van der Waals surface area (Å²) in [5, 5.41) is 3.16. The molecule has 16 heavy (non-hydrogen) atoms. The fourth-order valence-corrected chi connectivity index (χ4v) is 1.32. The second-order valence-electron chi connectivity index (χ2n) is 3.33. The minimum Gasteiger partial charge on any atom is -0.388 e. The van der Waals surface area contributed by atoms with Crippen molar-refractivity contribution in [2.24, 2.45) is 5.73 Å². The number of hydrogen-bond acceptors (Lipinski definition) is 5. The summed E-state index contributed by atoms with van der Waals surface area (Å²) in [4.78, 5) is 8.57. The van der Waals surface area contributed by atoms with E-state index in [9.17, 15) is 0 Å². The first-order valence-corrected chi connectivity index (χ1v) is 5.46. The lowest BCUT2D eigenvalue weighted by atomic mass is 10.2. The molecule has 0 bridgehead atoms. The number of ether oxygens (including phenoxy) is 1. The number of rotatable bonds is 6. The van der Waals surface area contributed by atoms with E-state index in [0.717, 1.165) is 6.42 Å². The monoisotopic (exact) mass is 240 g/mol. The Morgan fingerprint density at radius 2 is 2.44 bits per heavy atom. The van der Waals surface area contributed by atoms with E-state index in [-0.39, 0.29) is 11.0 Å². The number of hydrogen-bond donors (Lipinski definition) is 2. The molecular weight excluding hydrogens is 224 g/mol. The highest BCUT2D eigenvalue weighted by Gasteiger charge is 2.08. The van der Waals surface area contributed by atoms with Gasteiger partial charge in [0.2, 0.25) is 5.95 Å². The lowest BCUT2D eigenvalue weighted by Gasteiger charge is -2.15. The Hall–Kier alpha value is -1.27. The van der Waals surface area contributed by atoms with Crippen molar-refractivity contribution >= 4 is 23.2 Å². The standard InChI is InChI=1S/C10H16N4OS/c1-3-7(6-15-2)13-10-12-5-4-8(14-10)9(11)16/h4-5,7H,3,6H2,1-2H3,(H2,11,16)(H,12,13,14). The van der Waals surface area contributed by atoms with Gasteiger partial charge in [-0.15, -0.1) is 0 Å². The highest BCUT2D eigenvalue weighted by Crippen LogP contribution is 2.04. The zero-order valence-corrected chi connectivity index (χ0v) is 10.3. The van der Waals surface area contributed by atoms with Crippen molar-refractivity contribution in [1.82, 2.24) is 9.97 Å². The second-order valence-corrected chi connectivity index (χ2v) is 3.77. The first kappa shape index (κ1) is 12.8. The molecular formula is C10H16N4OS. The second kappa shape index (κ2) is 6.34. The maximum absolute atomic E-state index is 5.49. The van der Waals surface area contributed by atoms with Gasteiger partial charge < -0.3 is 15.8 Å². The third-order valence-corrected chi connectivity index (χ3v) is 2.31. The van der Waals surface area contributed by atoms with Crippen molar-refractivity contribution in [3.63, 3.8) is 0 Å². The van der Waals surface area contributed by atoms with Crippen LogP contribution in [0.5, 0.6) is 0 Å². The van der Waals surface area contributed by atoms with Crippen molar-refractivity contribution in [3.8, 4) is 0 Å². The maximum Gasteiger partial charge on any atom is 0.223 e. The number of aromatic nitrogens is 2. The van der Waals surface area contributed by atoms with Gasteiger partial charge in [-0.2, -0.15) is 0 Å². The van der Waals surface area contributed by atoms with Gasteiger partial charge in [-0.3, -0.25) is 0 Å². The van der Waals surface area contributed by atoms with Gasteiger partial charge >= 0.3 is 0 Å². The van der Waals surface area contributed by atoms with Gasteiger partial charge in [0.25, 0.3) is 0 Å². The maximum atomic E-state index is 5.49. The SMILES string of the molecule is CCC(COC)Nc1nccc(C(N)=S)n1. The topological polar surface area (TPSA) is 73.1 Å². The van der Waals surface area contributed by atoms with Gasteiger partial charge in [0.1, 0.15) is 10.7 Å². The van der Waals surface area contributed by atoms with Crippen molar-refractivity contribution < 1.29 is 4.74 Å². The molecule has 0 radical (unpaired) electrons. The van der Waals surface area contributed by atoms with E-state index in [1.807, 2.05) is 0 Å². The summed E-state index contributed by atoms with van der Waals surface area (Å²) in [6.07, 6.45) is 2.55. The van der Waals surface area contributed by atoms with Crippen LogP contribution in [-0.2, 0) is 4.74 Å².